The van der Waals surface area contributed by atoms with Gasteiger partial charge in [-0.3, -0.25) is 9.59 Å². The third-order valence-corrected chi connectivity index (χ3v) is 7.46. The van der Waals surface area contributed by atoms with E-state index in [4.69, 9.17) is 21.1 Å². The minimum absolute atomic E-state index is 0.00867. The number of carbonyl (C=O) groups is 2. The summed E-state index contributed by atoms with van der Waals surface area (Å²) in [5, 5.41) is 2.72. The second-order valence-electron chi connectivity index (χ2n) is 8.93. The van der Waals surface area contributed by atoms with Crippen molar-refractivity contribution in [1.82, 2.24) is 9.80 Å². The molecule has 33 heavy (non-hydrogen) atoms. The zero-order valence-corrected chi connectivity index (χ0v) is 20.7. The topological polar surface area (TPSA) is 59.1 Å². The van der Waals surface area contributed by atoms with Gasteiger partial charge in [0, 0.05) is 35.5 Å². The molecule has 2 atom stereocenters. The molecule has 8 heteroatoms. The maximum absolute atomic E-state index is 13.5. The number of hydrogen-bond donors (Lipinski definition) is 0. The van der Waals surface area contributed by atoms with E-state index in [1.165, 1.54) is 4.88 Å². The molecule has 0 saturated carbocycles. The quantitative estimate of drug-likeness (QED) is 0.544. The van der Waals surface area contributed by atoms with Crippen molar-refractivity contribution >= 4 is 34.8 Å². The minimum Gasteiger partial charge on any atom is -0.491 e. The average Bonchev–Trinajstić information content (AvgIpc) is 3.49. The summed E-state index contributed by atoms with van der Waals surface area (Å²) in [4.78, 5) is 31.3. The van der Waals surface area contributed by atoms with Crippen LogP contribution < -0.4 is 4.74 Å². The molecule has 0 radical (unpaired) electrons. The van der Waals surface area contributed by atoms with Crippen LogP contribution in [0.4, 0.5) is 0 Å². The summed E-state index contributed by atoms with van der Waals surface area (Å²) < 4.78 is 11.8. The number of halogens is 1. The monoisotopic (exact) mass is 490 g/mol. The van der Waals surface area contributed by atoms with E-state index < -0.39 is 0 Å². The molecule has 2 aromatic rings. The molecule has 0 N–H and O–H groups in total. The van der Waals surface area contributed by atoms with E-state index in [1.807, 2.05) is 30.9 Å². The molecular weight excluding hydrogens is 460 g/mol. The second-order valence-corrected chi connectivity index (χ2v) is 10.4. The zero-order valence-electron chi connectivity index (χ0n) is 19.2. The number of amides is 2. The molecule has 0 bridgehead atoms. The number of fused-ring (bicyclic) bond motifs is 1. The first-order valence-corrected chi connectivity index (χ1v) is 12.8. The van der Waals surface area contributed by atoms with Gasteiger partial charge in [0.1, 0.15) is 12.4 Å². The van der Waals surface area contributed by atoms with Gasteiger partial charge in [0.2, 0.25) is 11.8 Å². The molecule has 4 rings (SSSR count). The normalized spacial score (nSPS) is 20.1. The minimum atomic E-state index is -0.193. The van der Waals surface area contributed by atoms with Gasteiger partial charge in [-0.2, -0.15) is 0 Å². The van der Waals surface area contributed by atoms with E-state index in [9.17, 15) is 9.59 Å². The summed E-state index contributed by atoms with van der Waals surface area (Å²) in [5.74, 6) is 0.474. The maximum atomic E-state index is 13.5. The fourth-order valence-electron chi connectivity index (χ4n) is 4.47. The van der Waals surface area contributed by atoms with Crippen molar-refractivity contribution in [2.24, 2.45) is 5.92 Å². The summed E-state index contributed by atoms with van der Waals surface area (Å²) in [6.07, 6.45) is 2.75. The highest BCUT2D eigenvalue weighted by atomic mass is 35.5. The number of hydrogen-bond acceptors (Lipinski definition) is 5. The SMILES string of the molecule is CC(C)C(=O)N(CC(=O)N1CCc2sccc2[C@H]1COc1ccc(Cl)cc1)C[C@@H]1CCCO1. The predicted octanol–water partition coefficient (Wildman–Crippen LogP) is 4.57. The van der Waals surface area contributed by atoms with Crippen LogP contribution in [0.25, 0.3) is 0 Å². The lowest BCUT2D eigenvalue weighted by atomic mass is 10.00. The Balaban J connectivity index is 1.49. The van der Waals surface area contributed by atoms with Crippen molar-refractivity contribution < 1.29 is 19.1 Å². The molecule has 1 fully saturated rings. The Morgan fingerprint density at radius 2 is 2.06 bits per heavy atom. The molecule has 178 valence electrons. The molecule has 0 unspecified atom stereocenters. The van der Waals surface area contributed by atoms with E-state index >= 15 is 0 Å². The predicted molar refractivity (Wildman–Crippen MR) is 130 cm³/mol. The van der Waals surface area contributed by atoms with Crippen molar-refractivity contribution in [2.45, 2.75) is 45.3 Å². The van der Waals surface area contributed by atoms with Crippen molar-refractivity contribution in [3.8, 4) is 5.75 Å². The lowest BCUT2D eigenvalue weighted by molar-refractivity contribution is -0.145. The van der Waals surface area contributed by atoms with E-state index in [2.05, 4.69) is 11.4 Å². The van der Waals surface area contributed by atoms with Gasteiger partial charge in [-0.15, -0.1) is 11.3 Å². The molecule has 0 spiro atoms. The van der Waals surface area contributed by atoms with Crippen molar-refractivity contribution in [3.63, 3.8) is 0 Å². The van der Waals surface area contributed by atoms with Crippen LogP contribution in [0.5, 0.6) is 5.75 Å². The van der Waals surface area contributed by atoms with Gasteiger partial charge >= 0.3 is 0 Å². The number of nitrogens with zero attached hydrogens (tertiary/aromatic N) is 2. The highest BCUT2D eigenvalue weighted by molar-refractivity contribution is 7.10. The number of carbonyl (C=O) groups excluding carboxylic acids is 2. The van der Waals surface area contributed by atoms with E-state index in [0.29, 0.717) is 30.5 Å². The van der Waals surface area contributed by atoms with Crippen LogP contribution in [0, 0.1) is 5.92 Å². The Labute approximate surface area is 204 Å². The molecule has 1 aromatic heterocycles. The molecule has 2 aliphatic rings. The number of rotatable bonds is 8. The molecular formula is C25H31ClN2O4S. The molecule has 6 nitrogen and oxygen atoms in total. The Kier molecular flexibility index (Phi) is 7.94. The van der Waals surface area contributed by atoms with Crippen LogP contribution in [-0.2, 0) is 20.7 Å². The summed E-state index contributed by atoms with van der Waals surface area (Å²) in [5.41, 5.74) is 1.13. The Hall–Kier alpha value is -2.09. The molecule has 2 amide bonds. The Morgan fingerprint density at radius 1 is 1.27 bits per heavy atom. The fourth-order valence-corrected chi connectivity index (χ4v) is 5.52. The van der Waals surface area contributed by atoms with Gasteiger partial charge in [0.15, 0.2) is 0 Å². The third-order valence-electron chi connectivity index (χ3n) is 6.22. The van der Waals surface area contributed by atoms with Gasteiger partial charge in [0.25, 0.3) is 0 Å². The largest absolute Gasteiger partial charge is 0.491 e. The van der Waals surface area contributed by atoms with Gasteiger partial charge in [-0.25, -0.2) is 0 Å². The van der Waals surface area contributed by atoms with Gasteiger partial charge in [-0.05, 0) is 60.5 Å². The summed E-state index contributed by atoms with van der Waals surface area (Å²) in [6.45, 7) is 5.96. The van der Waals surface area contributed by atoms with E-state index in [1.54, 1.807) is 28.4 Å². The molecule has 3 heterocycles. The zero-order chi connectivity index (χ0) is 23.4. The van der Waals surface area contributed by atoms with Gasteiger partial charge in [-0.1, -0.05) is 25.4 Å². The van der Waals surface area contributed by atoms with Gasteiger partial charge < -0.3 is 19.3 Å². The first kappa shape index (κ1) is 24.0. The number of ether oxygens (including phenoxy) is 2. The smallest absolute Gasteiger partial charge is 0.242 e. The Bertz CT molecular complexity index is 956. The van der Waals surface area contributed by atoms with Crippen molar-refractivity contribution in [2.75, 3.05) is 32.8 Å². The molecule has 1 aromatic carbocycles. The third kappa shape index (κ3) is 5.89. The molecule has 0 aliphatic carbocycles. The maximum Gasteiger partial charge on any atom is 0.242 e. The lowest BCUT2D eigenvalue weighted by Gasteiger charge is -2.37. The first-order valence-electron chi connectivity index (χ1n) is 11.6. The van der Waals surface area contributed by atoms with E-state index in [0.717, 1.165) is 31.4 Å². The summed E-state index contributed by atoms with van der Waals surface area (Å²) in [6, 6.07) is 9.13. The van der Waals surface area contributed by atoms with Gasteiger partial charge in [0.05, 0.1) is 18.7 Å². The van der Waals surface area contributed by atoms with Crippen LogP contribution in [0.2, 0.25) is 5.02 Å². The van der Waals surface area contributed by atoms with Crippen LogP contribution in [-0.4, -0.2) is 60.6 Å². The van der Waals surface area contributed by atoms with E-state index in [-0.39, 0.29) is 36.4 Å². The average molecular weight is 491 g/mol. The molecule has 2 aliphatic heterocycles. The van der Waals surface area contributed by atoms with Crippen molar-refractivity contribution in [3.05, 3.63) is 51.2 Å². The summed E-state index contributed by atoms with van der Waals surface area (Å²) in [7, 11) is 0. The lowest BCUT2D eigenvalue weighted by Crippen LogP contribution is -2.50. The molecule has 1 saturated heterocycles. The number of benzene rings is 1. The van der Waals surface area contributed by atoms with Crippen LogP contribution in [0.3, 0.4) is 0 Å². The highest BCUT2D eigenvalue weighted by Gasteiger charge is 2.34. The Morgan fingerprint density at radius 3 is 2.76 bits per heavy atom. The van der Waals surface area contributed by atoms with Crippen LogP contribution >= 0.6 is 22.9 Å². The standard InChI is InChI=1S/C25H31ClN2O4S/c1-17(2)25(30)27(14-20-4-3-12-31-20)15-24(29)28-11-9-23-21(10-13-33-23)22(28)16-32-19-7-5-18(26)6-8-19/h5-8,10,13,17,20,22H,3-4,9,11-12,14-16H2,1-2H3/t20-,22+/m0/s1. The van der Waals surface area contributed by atoms with Crippen molar-refractivity contribution in [1.29, 1.82) is 0 Å². The number of thiophene rings is 1. The van der Waals surface area contributed by atoms with Crippen LogP contribution in [0.1, 0.15) is 43.2 Å². The van der Waals surface area contributed by atoms with Crippen LogP contribution in [0.15, 0.2) is 35.7 Å². The fraction of sp³-hybridized carbons (Fsp3) is 0.520. The summed E-state index contributed by atoms with van der Waals surface area (Å²) >= 11 is 7.70. The first-order chi connectivity index (χ1) is 15.9. The highest BCUT2D eigenvalue weighted by Crippen LogP contribution is 2.34. The second kappa shape index (κ2) is 10.9.